The van der Waals surface area contributed by atoms with Crippen LogP contribution in [-0.2, 0) is 0 Å². The third-order valence-corrected chi connectivity index (χ3v) is 3.27. The molecule has 2 aromatic rings. The minimum Gasteiger partial charge on any atom is -0.352 e. The number of hydrogen-bond donors (Lipinski definition) is 1. The minimum absolute atomic E-state index is 0.0495. The van der Waals surface area contributed by atoms with Crippen molar-refractivity contribution in [3.05, 3.63) is 57.6 Å². The fourth-order valence-electron chi connectivity index (χ4n) is 1.57. The highest BCUT2D eigenvalue weighted by Gasteiger charge is 2.09. The summed E-state index contributed by atoms with van der Waals surface area (Å²) >= 11 is 3.27. The fraction of sp³-hybridized carbons (Fsp3) is 0.0714. The highest BCUT2D eigenvalue weighted by molar-refractivity contribution is 9.10. The van der Waals surface area contributed by atoms with E-state index < -0.39 is 11.6 Å². The lowest BCUT2D eigenvalue weighted by Gasteiger charge is -2.10. The number of hydrogen-bond acceptors (Lipinski definition) is 2. The molecule has 2 nitrogen and oxygen atoms in total. The van der Waals surface area contributed by atoms with Gasteiger partial charge in [-0.2, -0.15) is 5.26 Å². The summed E-state index contributed by atoms with van der Waals surface area (Å²) in [6, 6.07) is 9.06. The third kappa shape index (κ3) is 2.91. The first kappa shape index (κ1) is 13.5. The molecule has 0 bridgehead atoms. The van der Waals surface area contributed by atoms with E-state index in [9.17, 15) is 8.78 Å². The van der Waals surface area contributed by atoms with Crippen LogP contribution < -0.4 is 5.32 Å². The molecule has 1 N–H and O–H groups in total. The Morgan fingerprint density at radius 3 is 2.47 bits per heavy atom. The van der Waals surface area contributed by atoms with Crippen molar-refractivity contribution in [2.75, 3.05) is 5.32 Å². The van der Waals surface area contributed by atoms with Gasteiger partial charge in [0.25, 0.3) is 0 Å². The van der Waals surface area contributed by atoms with Crippen LogP contribution in [0.3, 0.4) is 0 Å². The lowest BCUT2D eigenvalue weighted by Crippen LogP contribution is -1.97. The van der Waals surface area contributed by atoms with Crippen LogP contribution in [0.4, 0.5) is 20.2 Å². The largest absolute Gasteiger partial charge is 0.352 e. The van der Waals surface area contributed by atoms with Gasteiger partial charge >= 0.3 is 0 Å². The van der Waals surface area contributed by atoms with Gasteiger partial charge in [0.1, 0.15) is 11.6 Å². The second-order valence-electron chi connectivity index (χ2n) is 4.01. The van der Waals surface area contributed by atoms with E-state index in [1.165, 1.54) is 6.92 Å². The minimum atomic E-state index is -0.532. The van der Waals surface area contributed by atoms with Crippen LogP contribution in [0.2, 0.25) is 0 Å². The van der Waals surface area contributed by atoms with Gasteiger partial charge in [0.15, 0.2) is 0 Å². The summed E-state index contributed by atoms with van der Waals surface area (Å²) < 4.78 is 27.7. The van der Waals surface area contributed by atoms with E-state index in [-0.39, 0.29) is 11.3 Å². The summed E-state index contributed by atoms with van der Waals surface area (Å²) in [5.41, 5.74) is 1.34. The highest BCUT2D eigenvalue weighted by Crippen LogP contribution is 2.29. The quantitative estimate of drug-likeness (QED) is 0.873. The van der Waals surface area contributed by atoms with Crippen LogP contribution in [-0.4, -0.2) is 0 Å². The second kappa shape index (κ2) is 5.37. The average Bonchev–Trinajstić information content (AvgIpc) is 2.38. The molecule has 0 atom stereocenters. The molecule has 0 saturated carbocycles. The van der Waals surface area contributed by atoms with Crippen molar-refractivity contribution in [2.45, 2.75) is 6.92 Å². The van der Waals surface area contributed by atoms with Gasteiger partial charge in [0.2, 0.25) is 0 Å². The summed E-state index contributed by atoms with van der Waals surface area (Å²) in [6.45, 7) is 1.50. The number of anilines is 2. The molecule has 0 fully saturated rings. The molecule has 0 unspecified atom stereocenters. The molecule has 5 heteroatoms. The second-order valence-corrected chi connectivity index (χ2v) is 4.87. The van der Waals surface area contributed by atoms with E-state index >= 15 is 0 Å². The van der Waals surface area contributed by atoms with Crippen molar-refractivity contribution in [2.24, 2.45) is 0 Å². The molecule has 0 saturated heterocycles. The van der Waals surface area contributed by atoms with Crippen molar-refractivity contribution in [3.8, 4) is 6.07 Å². The highest BCUT2D eigenvalue weighted by atomic mass is 79.9. The van der Waals surface area contributed by atoms with E-state index in [4.69, 9.17) is 5.26 Å². The standard InChI is InChI=1S/C14H9BrF2N2/c1-8-4-12(17)14(6-11(8)16)19-13-3-2-9(7-18)5-10(13)15/h2-6,19H,1H3. The Morgan fingerprint density at radius 2 is 1.84 bits per heavy atom. The fourth-order valence-corrected chi connectivity index (χ4v) is 2.05. The molecule has 0 spiro atoms. The Balaban J connectivity index is 2.37. The zero-order chi connectivity index (χ0) is 14.0. The Kier molecular flexibility index (Phi) is 3.82. The van der Waals surface area contributed by atoms with Crippen LogP contribution in [0, 0.1) is 29.9 Å². The Labute approximate surface area is 117 Å². The Hall–Kier alpha value is -1.93. The molecule has 0 aromatic heterocycles. The molecular weight excluding hydrogens is 314 g/mol. The van der Waals surface area contributed by atoms with Crippen LogP contribution in [0.25, 0.3) is 0 Å². The maximum atomic E-state index is 13.7. The normalized spacial score (nSPS) is 10.1. The van der Waals surface area contributed by atoms with Gasteiger partial charge in [-0.3, -0.25) is 0 Å². The van der Waals surface area contributed by atoms with Crippen LogP contribution in [0.1, 0.15) is 11.1 Å². The van der Waals surface area contributed by atoms with E-state index in [1.807, 2.05) is 6.07 Å². The number of halogens is 3. The average molecular weight is 323 g/mol. The smallest absolute Gasteiger partial charge is 0.147 e. The number of aryl methyl sites for hydroxylation is 1. The number of nitriles is 1. The van der Waals surface area contributed by atoms with Gasteiger partial charge in [-0.15, -0.1) is 0 Å². The summed E-state index contributed by atoms with van der Waals surface area (Å²) in [5, 5.41) is 11.5. The predicted molar refractivity (Wildman–Crippen MR) is 73.2 cm³/mol. The van der Waals surface area contributed by atoms with E-state index in [0.717, 1.165) is 12.1 Å². The number of benzene rings is 2. The van der Waals surface area contributed by atoms with Crippen molar-refractivity contribution >= 4 is 27.3 Å². The maximum absolute atomic E-state index is 13.7. The monoisotopic (exact) mass is 322 g/mol. The summed E-state index contributed by atoms with van der Waals surface area (Å²) in [4.78, 5) is 0. The molecule has 0 amide bonds. The predicted octanol–water partition coefficient (Wildman–Crippen LogP) is 4.65. The Bertz CT molecular complexity index is 678. The zero-order valence-corrected chi connectivity index (χ0v) is 11.6. The van der Waals surface area contributed by atoms with Gasteiger partial charge < -0.3 is 5.32 Å². The van der Waals surface area contributed by atoms with Gasteiger partial charge in [-0.05, 0) is 52.7 Å². The van der Waals surface area contributed by atoms with E-state index in [2.05, 4.69) is 21.2 Å². The molecule has 96 valence electrons. The number of nitrogens with zero attached hydrogens (tertiary/aromatic N) is 1. The molecule has 19 heavy (non-hydrogen) atoms. The summed E-state index contributed by atoms with van der Waals surface area (Å²) in [5.74, 6) is -1.01. The van der Waals surface area contributed by atoms with E-state index in [0.29, 0.717) is 15.7 Å². The summed E-state index contributed by atoms with van der Waals surface area (Å²) in [7, 11) is 0. The van der Waals surface area contributed by atoms with E-state index in [1.54, 1.807) is 18.2 Å². The lowest BCUT2D eigenvalue weighted by molar-refractivity contribution is 0.595. The first-order valence-electron chi connectivity index (χ1n) is 5.43. The van der Waals surface area contributed by atoms with Crippen LogP contribution in [0.15, 0.2) is 34.8 Å². The third-order valence-electron chi connectivity index (χ3n) is 2.62. The first-order valence-corrected chi connectivity index (χ1v) is 6.23. The zero-order valence-electron chi connectivity index (χ0n) is 9.97. The number of nitrogens with one attached hydrogen (secondary N) is 1. The van der Waals surface area contributed by atoms with Crippen LogP contribution >= 0.6 is 15.9 Å². The lowest BCUT2D eigenvalue weighted by atomic mass is 10.2. The topological polar surface area (TPSA) is 35.8 Å². The molecule has 0 radical (unpaired) electrons. The van der Waals surface area contributed by atoms with Crippen molar-refractivity contribution in [1.82, 2.24) is 0 Å². The SMILES string of the molecule is Cc1cc(F)c(Nc2ccc(C#N)cc2Br)cc1F. The molecule has 2 rings (SSSR count). The molecule has 0 aliphatic carbocycles. The molecular formula is C14H9BrF2N2. The maximum Gasteiger partial charge on any atom is 0.147 e. The van der Waals surface area contributed by atoms with Gasteiger partial charge in [-0.25, -0.2) is 8.78 Å². The van der Waals surface area contributed by atoms with Gasteiger partial charge in [0.05, 0.1) is 23.0 Å². The van der Waals surface area contributed by atoms with Gasteiger partial charge in [-0.1, -0.05) is 0 Å². The van der Waals surface area contributed by atoms with Crippen molar-refractivity contribution < 1.29 is 8.78 Å². The molecule has 0 heterocycles. The molecule has 0 aliphatic rings. The first-order chi connectivity index (χ1) is 9.01. The van der Waals surface area contributed by atoms with Gasteiger partial charge in [0, 0.05) is 10.5 Å². The van der Waals surface area contributed by atoms with Crippen molar-refractivity contribution in [3.63, 3.8) is 0 Å². The molecule has 2 aromatic carbocycles. The van der Waals surface area contributed by atoms with Crippen LogP contribution in [0.5, 0.6) is 0 Å². The number of rotatable bonds is 2. The Morgan fingerprint density at radius 1 is 1.11 bits per heavy atom. The summed E-state index contributed by atoms with van der Waals surface area (Å²) in [6.07, 6.45) is 0. The van der Waals surface area contributed by atoms with Crippen molar-refractivity contribution in [1.29, 1.82) is 5.26 Å². The molecule has 0 aliphatic heterocycles.